The molecule has 13 heteroatoms. The summed E-state index contributed by atoms with van der Waals surface area (Å²) in [6.45, 7) is 7.08. The Morgan fingerprint density at radius 1 is 0.979 bits per heavy atom. The van der Waals surface area contributed by atoms with Crippen LogP contribution in [0, 0.1) is 0 Å². The molecule has 2 aromatic heterocycles. The third kappa shape index (κ3) is 7.21. The zero-order chi connectivity index (χ0) is 34.2. The minimum atomic E-state index is -3.60. The zero-order valence-electron chi connectivity index (χ0n) is 28.4. The third-order valence-corrected chi connectivity index (χ3v) is 9.78. The lowest BCUT2D eigenvalue weighted by molar-refractivity contribution is 0.170. The van der Waals surface area contributed by atoms with E-state index in [-0.39, 0.29) is 35.0 Å². The molecule has 0 spiro atoms. The summed E-state index contributed by atoms with van der Waals surface area (Å²) in [5.41, 5.74) is 3.91. The van der Waals surface area contributed by atoms with Crippen LogP contribution in [0.2, 0.25) is 0 Å². The number of pyridine rings is 1. The topological polar surface area (TPSA) is 139 Å². The molecule has 1 aliphatic carbocycles. The Morgan fingerprint density at radius 3 is 2.44 bits per heavy atom. The number of nitrogens with one attached hydrogen (secondary N) is 3. The van der Waals surface area contributed by atoms with Gasteiger partial charge in [-0.1, -0.05) is 51.5 Å². The number of aromatic nitrogens is 3. The van der Waals surface area contributed by atoms with E-state index in [0.717, 1.165) is 53.1 Å². The smallest absolute Gasteiger partial charge is 0.319 e. The van der Waals surface area contributed by atoms with Gasteiger partial charge in [0.1, 0.15) is 11.9 Å². The summed E-state index contributed by atoms with van der Waals surface area (Å²) in [6, 6.07) is 15.0. The number of hydrogen-bond acceptors (Lipinski definition) is 8. The van der Waals surface area contributed by atoms with Crippen LogP contribution in [0.15, 0.2) is 54.7 Å². The lowest BCUT2D eigenvalue weighted by Gasteiger charge is -2.32. The predicted octanol–water partition coefficient (Wildman–Crippen LogP) is 6.34. The molecule has 3 N–H and O–H groups in total. The van der Waals surface area contributed by atoms with Crippen molar-refractivity contribution < 1.29 is 22.7 Å². The van der Waals surface area contributed by atoms with Crippen molar-refractivity contribution in [2.75, 3.05) is 37.0 Å². The first-order valence-electron chi connectivity index (χ1n) is 16.4. The second-order valence-corrected chi connectivity index (χ2v) is 15.6. The molecule has 1 aliphatic heterocycles. The minimum absolute atomic E-state index is 0.203. The first kappa shape index (κ1) is 33.5. The zero-order valence-corrected chi connectivity index (χ0v) is 29.2. The van der Waals surface area contributed by atoms with Crippen LogP contribution in [0.25, 0.3) is 5.65 Å². The van der Waals surface area contributed by atoms with Gasteiger partial charge in [-0.15, -0.1) is 10.2 Å². The number of benzene rings is 2. The van der Waals surface area contributed by atoms with Crippen molar-refractivity contribution >= 4 is 33.1 Å². The van der Waals surface area contributed by atoms with Crippen molar-refractivity contribution in [1.82, 2.24) is 24.8 Å². The monoisotopic (exact) mass is 675 g/mol. The molecular formula is C35H45N7O5S. The number of hydrogen-bond donors (Lipinski definition) is 3. The molecule has 3 atom stereocenters. The van der Waals surface area contributed by atoms with Gasteiger partial charge in [0.2, 0.25) is 10.0 Å². The van der Waals surface area contributed by atoms with Gasteiger partial charge < -0.3 is 20.1 Å². The van der Waals surface area contributed by atoms with Crippen LogP contribution in [0.4, 0.5) is 16.2 Å². The molecule has 48 heavy (non-hydrogen) atoms. The van der Waals surface area contributed by atoms with Crippen molar-refractivity contribution in [3.63, 3.8) is 0 Å². The molecule has 256 valence electrons. The van der Waals surface area contributed by atoms with Gasteiger partial charge in [-0.3, -0.25) is 14.0 Å². The van der Waals surface area contributed by atoms with E-state index in [1.54, 1.807) is 6.07 Å². The van der Waals surface area contributed by atoms with Crippen molar-refractivity contribution in [1.29, 1.82) is 0 Å². The van der Waals surface area contributed by atoms with Crippen molar-refractivity contribution in [3.8, 4) is 11.5 Å². The summed E-state index contributed by atoms with van der Waals surface area (Å²) >= 11 is 0. The van der Waals surface area contributed by atoms with Crippen LogP contribution < -0.4 is 24.8 Å². The van der Waals surface area contributed by atoms with Crippen LogP contribution in [-0.4, -0.2) is 60.9 Å². The van der Waals surface area contributed by atoms with E-state index < -0.39 is 16.1 Å². The highest BCUT2D eigenvalue weighted by molar-refractivity contribution is 7.92. The Balaban J connectivity index is 1.21. The molecule has 4 aromatic rings. The van der Waals surface area contributed by atoms with Gasteiger partial charge in [0.25, 0.3) is 0 Å². The SMILES string of the molecule is COc1c(NC(=O)N[C@H]2CC[C@@H](Oc3ccc4nnc(C5CCCCN5C)n4c3)c3ccccc32)cc(C(C)(C)C)cc1NS(C)(=O)=O. The van der Waals surface area contributed by atoms with Gasteiger partial charge in [-0.25, -0.2) is 13.2 Å². The number of ether oxygens (including phenoxy) is 2. The molecule has 1 fully saturated rings. The molecule has 1 saturated heterocycles. The molecule has 2 amide bonds. The van der Waals surface area contributed by atoms with Gasteiger partial charge in [0, 0.05) is 0 Å². The second kappa shape index (κ2) is 13.3. The van der Waals surface area contributed by atoms with Gasteiger partial charge in [-0.05, 0) is 85.6 Å². The predicted molar refractivity (Wildman–Crippen MR) is 186 cm³/mol. The van der Waals surface area contributed by atoms with E-state index in [2.05, 4.69) is 37.5 Å². The van der Waals surface area contributed by atoms with Crippen molar-refractivity contribution in [3.05, 3.63) is 77.2 Å². The summed E-state index contributed by atoms with van der Waals surface area (Å²) < 4.78 is 41.0. The average molecular weight is 676 g/mol. The molecule has 0 bridgehead atoms. The number of nitrogens with zero attached hydrogens (tertiary/aromatic N) is 4. The highest BCUT2D eigenvalue weighted by atomic mass is 32.2. The van der Waals surface area contributed by atoms with E-state index in [1.165, 1.54) is 20.0 Å². The van der Waals surface area contributed by atoms with Crippen molar-refractivity contribution in [2.24, 2.45) is 0 Å². The fourth-order valence-corrected chi connectivity index (χ4v) is 7.29. The molecule has 0 radical (unpaired) electrons. The van der Waals surface area contributed by atoms with Crippen LogP contribution in [0.1, 0.15) is 93.6 Å². The maximum absolute atomic E-state index is 13.5. The van der Waals surface area contributed by atoms with Gasteiger partial charge in [0.05, 0.1) is 43.0 Å². The highest BCUT2D eigenvalue weighted by Crippen LogP contribution is 2.41. The van der Waals surface area contributed by atoms with E-state index in [1.807, 2.05) is 73.8 Å². The number of rotatable bonds is 8. The summed E-state index contributed by atoms with van der Waals surface area (Å²) in [7, 11) is -0.0169. The normalized spacial score (nSPS) is 20.2. The molecule has 3 heterocycles. The van der Waals surface area contributed by atoms with E-state index >= 15 is 0 Å². The molecular weight excluding hydrogens is 630 g/mol. The second-order valence-electron chi connectivity index (χ2n) is 13.8. The molecule has 1 unspecified atom stereocenters. The quantitative estimate of drug-likeness (QED) is 0.197. The van der Waals surface area contributed by atoms with Crippen LogP contribution >= 0.6 is 0 Å². The fraction of sp³-hybridized carbons (Fsp3) is 0.457. The Bertz CT molecular complexity index is 1920. The maximum Gasteiger partial charge on any atom is 0.319 e. The van der Waals surface area contributed by atoms with E-state index in [9.17, 15) is 13.2 Å². The van der Waals surface area contributed by atoms with Gasteiger partial charge >= 0.3 is 6.03 Å². The number of piperidine rings is 1. The Labute approximate surface area is 282 Å². The molecule has 6 rings (SSSR count). The van der Waals surface area contributed by atoms with Crippen LogP contribution in [-0.2, 0) is 15.4 Å². The fourth-order valence-electron chi connectivity index (χ4n) is 6.74. The minimum Gasteiger partial charge on any atom is -0.492 e. The van der Waals surface area contributed by atoms with Gasteiger partial charge in [-0.2, -0.15) is 0 Å². The molecule has 0 saturated carbocycles. The number of urea groups is 1. The molecule has 2 aliphatic rings. The summed E-state index contributed by atoms with van der Waals surface area (Å²) in [5, 5.41) is 15.0. The summed E-state index contributed by atoms with van der Waals surface area (Å²) in [5.74, 6) is 1.89. The lowest BCUT2D eigenvalue weighted by Crippen LogP contribution is -2.35. The van der Waals surface area contributed by atoms with E-state index in [4.69, 9.17) is 9.47 Å². The Morgan fingerprint density at radius 2 is 1.73 bits per heavy atom. The summed E-state index contributed by atoms with van der Waals surface area (Å²) in [6.07, 6.45) is 7.61. The first-order valence-corrected chi connectivity index (χ1v) is 18.3. The number of carbonyl (C=O) groups is 1. The van der Waals surface area contributed by atoms with Crippen LogP contribution in [0.3, 0.4) is 0 Å². The highest BCUT2D eigenvalue weighted by Gasteiger charge is 2.31. The summed E-state index contributed by atoms with van der Waals surface area (Å²) in [4.78, 5) is 15.9. The van der Waals surface area contributed by atoms with Crippen molar-refractivity contribution in [2.45, 2.75) is 76.5 Å². The molecule has 2 aromatic carbocycles. The maximum atomic E-state index is 13.5. The number of carbonyl (C=O) groups excluding carboxylic acids is 1. The third-order valence-electron chi connectivity index (χ3n) is 9.19. The largest absolute Gasteiger partial charge is 0.492 e. The van der Waals surface area contributed by atoms with E-state index in [0.29, 0.717) is 18.5 Å². The number of sulfonamides is 1. The number of methoxy groups -OCH3 is 1. The van der Waals surface area contributed by atoms with Crippen LogP contribution in [0.5, 0.6) is 11.5 Å². The number of amides is 2. The average Bonchev–Trinajstić information content (AvgIpc) is 3.44. The number of anilines is 2. The Kier molecular flexibility index (Phi) is 9.27. The van der Waals surface area contributed by atoms with Gasteiger partial charge in [0.15, 0.2) is 17.2 Å². The standard InChI is InChI=1S/C35H45N7O5S/c1-35(2,3)22-19-27(32(46-5)28(20-22)40-48(6,44)45)37-34(43)36-26-15-16-30(25-12-8-7-11-24(25)26)47-23-14-17-31-38-39-33(42(31)21-23)29-13-9-10-18-41(29)4/h7-8,11-12,14,17,19-21,26,29-30,40H,9-10,13,15-16,18H2,1-6H3,(H2,36,37,43)/t26-,29?,30+/m0/s1. The first-order chi connectivity index (χ1) is 22.8. The molecule has 12 nitrogen and oxygen atoms in total. The number of likely N-dealkylation sites (tertiary alicyclic amines) is 1. The lowest BCUT2D eigenvalue weighted by atomic mass is 9.85. The number of fused-ring (bicyclic) bond motifs is 2. The Hall–Kier alpha value is -4.36.